The Morgan fingerprint density at radius 1 is 1.12 bits per heavy atom. The monoisotopic (exact) mass is 450 g/mol. The van der Waals surface area contributed by atoms with Crippen molar-refractivity contribution in [2.45, 2.75) is 20.8 Å². The summed E-state index contributed by atoms with van der Waals surface area (Å²) in [6.07, 6.45) is 13.4. The number of nitrogens with one attached hydrogen (secondary N) is 2. The molecule has 0 radical (unpaired) electrons. The minimum absolute atomic E-state index is 0.266. The maximum Gasteiger partial charge on any atom is 0.123 e. The highest BCUT2D eigenvalue weighted by Crippen LogP contribution is 2.30. The number of rotatable bonds is 6. The van der Waals surface area contributed by atoms with Crippen LogP contribution in [0.4, 0.5) is 4.39 Å². The Balaban J connectivity index is 1.87. The number of hydrogen-bond donors (Lipinski definition) is 2. The van der Waals surface area contributed by atoms with Crippen molar-refractivity contribution in [2.24, 2.45) is 0 Å². The fourth-order valence-corrected chi connectivity index (χ4v) is 4.16. The van der Waals surface area contributed by atoms with Gasteiger partial charge in [0.25, 0.3) is 0 Å². The molecule has 0 aliphatic rings. The number of nitrogens with zero attached hydrogens (tertiary/aromatic N) is 2. The van der Waals surface area contributed by atoms with E-state index in [1.807, 2.05) is 39.0 Å². The first-order valence-electron chi connectivity index (χ1n) is 11.1. The molecule has 0 fully saturated rings. The molecule has 0 amide bonds. The van der Waals surface area contributed by atoms with Crippen LogP contribution in [0.3, 0.4) is 0 Å². The van der Waals surface area contributed by atoms with Crippen molar-refractivity contribution in [2.75, 3.05) is 0 Å². The van der Waals surface area contributed by atoms with Crippen molar-refractivity contribution >= 4 is 23.1 Å². The van der Waals surface area contributed by atoms with Gasteiger partial charge >= 0.3 is 0 Å². The average Bonchev–Trinajstić information content (AvgIpc) is 3.43. The number of hydrogen-bond acceptors (Lipinski definition) is 2. The highest BCUT2D eigenvalue weighted by atomic mass is 19.1. The number of H-pyrrole nitrogens is 2. The lowest BCUT2D eigenvalue weighted by atomic mass is 9.98. The molecule has 0 spiro atoms. The molecule has 3 aromatic heterocycles. The summed E-state index contributed by atoms with van der Waals surface area (Å²) in [6.45, 7) is 14.1. The largest absolute Gasteiger partial charge is 0.352 e. The Bertz CT molecular complexity index is 1560. The van der Waals surface area contributed by atoms with Crippen molar-refractivity contribution in [1.29, 1.82) is 0 Å². The second-order valence-corrected chi connectivity index (χ2v) is 7.98. The van der Waals surface area contributed by atoms with Crippen molar-refractivity contribution in [3.05, 3.63) is 107 Å². The summed E-state index contributed by atoms with van der Waals surface area (Å²) in [5, 5.41) is 10.6. The van der Waals surface area contributed by atoms with E-state index in [4.69, 9.17) is 0 Å². The Labute approximate surface area is 198 Å². The second kappa shape index (κ2) is 9.71. The van der Waals surface area contributed by atoms with E-state index in [9.17, 15) is 4.39 Å². The van der Waals surface area contributed by atoms with E-state index in [1.54, 1.807) is 30.6 Å². The first-order valence-corrected chi connectivity index (χ1v) is 11.1. The van der Waals surface area contributed by atoms with E-state index in [0.717, 1.165) is 60.7 Å². The van der Waals surface area contributed by atoms with Gasteiger partial charge < -0.3 is 4.98 Å². The topological polar surface area (TPSA) is 57.4 Å². The van der Waals surface area contributed by atoms with Gasteiger partial charge in [-0.3, -0.25) is 10.1 Å². The van der Waals surface area contributed by atoms with E-state index in [0.29, 0.717) is 0 Å². The molecule has 0 unspecified atom stereocenters. The Kier molecular flexibility index (Phi) is 6.55. The summed E-state index contributed by atoms with van der Waals surface area (Å²) < 4.78 is 13.4. The highest BCUT2D eigenvalue weighted by Gasteiger charge is 2.13. The minimum Gasteiger partial charge on any atom is -0.352 e. The van der Waals surface area contributed by atoms with Crippen LogP contribution < -0.4 is 10.6 Å². The average molecular weight is 451 g/mol. The van der Waals surface area contributed by atoms with E-state index < -0.39 is 0 Å². The zero-order valence-electron chi connectivity index (χ0n) is 19.6. The lowest BCUT2D eigenvalue weighted by Gasteiger charge is -2.07. The van der Waals surface area contributed by atoms with E-state index in [1.165, 1.54) is 12.1 Å². The van der Waals surface area contributed by atoms with Gasteiger partial charge in [-0.05, 0) is 67.3 Å². The summed E-state index contributed by atoms with van der Waals surface area (Å²) >= 11 is 0. The van der Waals surface area contributed by atoms with Crippen molar-refractivity contribution in [1.82, 2.24) is 20.2 Å². The van der Waals surface area contributed by atoms with E-state index in [2.05, 4.69) is 45.5 Å². The molecule has 0 saturated carbocycles. The third-order valence-corrected chi connectivity index (χ3v) is 5.82. The molecule has 4 rings (SSSR count). The predicted molar refractivity (Wildman–Crippen MR) is 140 cm³/mol. The molecule has 2 N–H and O–H groups in total. The molecule has 0 bridgehead atoms. The van der Waals surface area contributed by atoms with Gasteiger partial charge in [-0.25, -0.2) is 4.39 Å². The van der Waals surface area contributed by atoms with Crippen LogP contribution in [0.25, 0.3) is 45.6 Å². The lowest BCUT2D eigenvalue weighted by Crippen LogP contribution is -2.23. The number of allylic oxidation sites excluding steroid dienone is 6. The Morgan fingerprint density at radius 2 is 1.88 bits per heavy atom. The Hall–Kier alpha value is -4.25. The molecule has 1 aromatic carbocycles. The zero-order valence-corrected chi connectivity index (χ0v) is 19.6. The fourth-order valence-electron chi connectivity index (χ4n) is 4.16. The SMILES string of the molecule is C=C/C=C(C)\C(=C/C)C(=C)/C=c1/c(-c2cc3c(-c4ccc(F)cc4)cncc3[nH]2)n[nH]/c1=C/C. The molecule has 3 heterocycles. The maximum atomic E-state index is 13.4. The van der Waals surface area contributed by atoms with Gasteiger partial charge in [-0.1, -0.05) is 49.6 Å². The highest BCUT2D eigenvalue weighted by molar-refractivity contribution is 5.97. The molecule has 0 saturated heterocycles. The van der Waals surface area contributed by atoms with Gasteiger partial charge in [0.05, 0.1) is 22.8 Å². The number of pyridine rings is 1. The molecule has 170 valence electrons. The summed E-state index contributed by atoms with van der Waals surface area (Å²) in [4.78, 5) is 7.83. The van der Waals surface area contributed by atoms with Crippen LogP contribution >= 0.6 is 0 Å². The molecule has 0 atom stereocenters. The van der Waals surface area contributed by atoms with Crippen LogP contribution in [0.5, 0.6) is 0 Å². The summed E-state index contributed by atoms with van der Waals surface area (Å²) in [5.41, 5.74) is 7.37. The van der Waals surface area contributed by atoms with Crippen LogP contribution in [-0.4, -0.2) is 20.2 Å². The first kappa shape index (κ1) is 22.9. The molecule has 4 aromatic rings. The zero-order chi connectivity index (χ0) is 24.2. The minimum atomic E-state index is -0.266. The standard InChI is InChI=1S/C29H27FN4/c1-6-9-18(4)22(7-2)19(5)14-24-26(8-3)33-34-29(24)27-15-23-25(16-31-17-28(23)32-27)20-10-12-21(30)13-11-20/h6-17,32-33H,1,5H2,2-4H3/b18-9-,22-7+,24-14+,26-8+. The fraction of sp³-hybridized carbons (Fsp3) is 0.103. The summed E-state index contributed by atoms with van der Waals surface area (Å²) in [5.74, 6) is -0.266. The van der Waals surface area contributed by atoms with Crippen LogP contribution in [0.2, 0.25) is 0 Å². The van der Waals surface area contributed by atoms with E-state index in [-0.39, 0.29) is 5.82 Å². The van der Waals surface area contributed by atoms with Crippen molar-refractivity contribution in [3.8, 4) is 22.5 Å². The number of fused-ring (bicyclic) bond motifs is 1. The molecule has 4 nitrogen and oxygen atoms in total. The van der Waals surface area contributed by atoms with Gasteiger partial charge in [0.1, 0.15) is 11.5 Å². The predicted octanol–water partition coefficient (Wildman–Crippen LogP) is 5.97. The number of aromatic nitrogens is 4. The summed E-state index contributed by atoms with van der Waals surface area (Å²) in [7, 11) is 0. The van der Waals surface area contributed by atoms with Gasteiger partial charge in [0.15, 0.2) is 0 Å². The molecule has 34 heavy (non-hydrogen) atoms. The van der Waals surface area contributed by atoms with Crippen LogP contribution in [-0.2, 0) is 0 Å². The molecular formula is C29H27FN4. The number of benzene rings is 1. The van der Waals surface area contributed by atoms with Gasteiger partial charge in [-0.2, -0.15) is 5.10 Å². The lowest BCUT2D eigenvalue weighted by molar-refractivity contribution is 0.628. The molecule has 0 aliphatic carbocycles. The quantitative estimate of drug-likeness (QED) is 0.355. The Morgan fingerprint density at radius 3 is 2.56 bits per heavy atom. The molecule has 5 heteroatoms. The second-order valence-electron chi connectivity index (χ2n) is 7.98. The third-order valence-electron chi connectivity index (χ3n) is 5.82. The number of halogens is 1. The van der Waals surface area contributed by atoms with Crippen LogP contribution in [0, 0.1) is 5.82 Å². The van der Waals surface area contributed by atoms with Gasteiger partial charge in [0, 0.05) is 22.4 Å². The van der Waals surface area contributed by atoms with Crippen LogP contribution in [0.15, 0.2) is 90.8 Å². The van der Waals surface area contributed by atoms with E-state index >= 15 is 0 Å². The summed E-state index contributed by atoms with van der Waals surface area (Å²) in [6, 6.07) is 8.50. The van der Waals surface area contributed by atoms with Gasteiger partial charge in [0.2, 0.25) is 0 Å². The first-order chi connectivity index (χ1) is 16.5. The van der Waals surface area contributed by atoms with Crippen molar-refractivity contribution in [3.63, 3.8) is 0 Å². The van der Waals surface area contributed by atoms with Crippen LogP contribution in [0.1, 0.15) is 20.8 Å². The molecular weight excluding hydrogens is 423 g/mol. The smallest absolute Gasteiger partial charge is 0.123 e. The maximum absolute atomic E-state index is 13.4. The van der Waals surface area contributed by atoms with Gasteiger partial charge in [-0.15, -0.1) is 0 Å². The third kappa shape index (κ3) is 4.33. The molecule has 0 aliphatic heterocycles. The number of aromatic amines is 2. The normalized spacial score (nSPS) is 13.6. The van der Waals surface area contributed by atoms with Crippen molar-refractivity contribution < 1.29 is 4.39 Å².